The van der Waals surface area contributed by atoms with Crippen LogP contribution in [0.2, 0.25) is 0 Å². The van der Waals surface area contributed by atoms with Gasteiger partial charge < -0.3 is 14.6 Å². The lowest BCUT2D eigenvalue weighted by Crippen LogP contribution is -2.01. The van der Waals surface area contributed by atoms with Crippen molar-refractivity contribution >= 4 is 21.9 Å². The van der Waals surface area contributed by atoms with Crippen LogP contribution in [-0.2, 0) is 0 Å². The highest BCUT2D eigenvalue weighted by Gasteiger charge is 2.25. The molecule has 0 unspecified atom stereocenters. The van der Waals surface area contributed by atoms with E-state index in [0.717, 1.165) is 6.07 Å². The Morgan fingerprint density at radius 1 is 1.57 bits per heavy atom. The molecule has 4 nitrogen and oxygen atoms in total. The standard InChI is InChI=1S/C8H4BrFO4/c9-5-6(10)3(8(11)12)1-4-7(5)14-2-13-4/h1H,2H2,(H,11,12). The maximum atomic E-state index is 13.3. The zero-order valence-corrected chi connectivity index (χ0v) is 8.30. The third-order valence-electron chi connectivity index (χ3n) is 1.78. The van der Waals surface area contributed by atoms with Crippen LogP contribution in [-0.4, -0.2) is 17.9 Å². The Kier molecular flexibility index (Phi) is 2.07. The van der Waals surface area contributed by atoms with Crippen molar-refractivity contribution in [2.24, 2.45) is 0 Å². The van der Waals surface area contributed by atoms with E-state index in [1.54, 1.807) is 0 Å². The number of rotatable bonds is 1. The van der Waals surface area contributed by atoms with E-state index in [-0.39, 0.29) is 22.8 Å². The molecule has 1 aromatic rings. The summed E-state index contributed by atoms with van der Waals surface area (Å²) in [5.74, 6) is -1.77. The molecule has 0 saturated heterocycles. The fourth-order valence-corrected chi connectivity index (χ4v) is 1.66. The van der Waals surface area contributed by atoms with E-state index in [0.29, 0.717) is 0 Å². The van der Waals surface area contributed by atoms with Gasteiger partial charge in [0.05, 0.1) is 0 Å². The molecular weight excluding hydrogens is 259 g/mol. The maximum absolute atomic E-state index is 13.3. The lowest BCUT2D eigenvalue weighted by Gasteiger charge is -2.03. The van der Waals surface area contributed by atoms with Gasteiger partial charge in [0.15, 0.2) is 17.3 Å². The van der Waals surface area contributed by atoms with Crippen molar-refractivity contribution < 1.29 is 23.8 Å². The van der Waals surface area contributed by atoms with Crippen molar-refractivity contribution in [1.82, 2.24) is 0 Å². The average molecular weight is 263 g/mol. The molecule has 0 aliphatic carbocycles. The Morgan fingerprint density at radius 2 is 2.29 bits per heavy atom. The molecule has 1 N–H and O–H groups in total. The van der Waals surface area contributed by atoms with Gasteiger partial charge in [-0.05, 0) is 15.9 Å². The molecule has 0 radical (unpaired) electrons. The summed E-state index contributed by atoms with van der Waals surface area (Å²) in [6.45, 7) is -0.0313. The highest BCUT2D eigenvalue weighted by Crippen LogP contribution is 2.41. The number of carboxylic acid groups (broad SMARTS) is 1. The highest BCUT2D eigenvalue weighted by atomic mass is 79.9. The van der Waals surface area contributed by atoms with Crippen molar-refractivity contribution in [3.8, 4) is 11.5 Å². The van der Waals surface area contributed by atoms with Gasteiger partial charge in [0.25, 0.3) is 0 Å². The molecule has 2 rings (SSSR count). The number of hydrogen-bond donors (Lipinski definition) is 1. The number of aromatic carboxylic acids is 1. The molecule has 1 heterocycles. The summed E-state index contributed by atoms with van der Waals surface area (Å²) in [4.78, 5) is 10.6. The minimum atomic E-state index is -1.35. The van der Waals surface area contributed by atoms with Crippen LogP contribution in [0.4, 0.5) is 4.39 Å². The SMILES string of the molecule is O=C(O)c1cc2c(c(Br)c1F)OCO2. The van der Waals surface area contributed by atoms with E-state index < -0.39 is 17.3 Å². The Morgan fingerprint density at radius 3 is 2.93 bits per heavy atom. The van der Waals surface area contributed by atoms with E-state index in [4.69, 9.17) is 14.6 Å². The van der Waals surface area contributed by atoms with Crippen LogP contribution in [0, 0.1) is 5.82 Å². The number of carboxylic acids is 1. The minimum Gasteiger partial charge on any atom is -0.478 e. The number of hydrogen-bond acceptors (Lipinski definition) is 3. The molecule has 0 fully saturated rings. The predicted molar refractivity (Wildman–Crippen MR) is 47.2 cm³/mol. The average Bonchev–Trinajstić information content (AvgIpc) is 2.58. The molecule has 1 aliphatic rings. The molecular formula is C8H4BrFO4. The number of fused-ring (bicyclic) bond motifs is 1. The largest absolute Gasteiger partial charge is 0.478 e. The smallest absolute Gasteiger partial charge is 0.338 e. The molecule has 1 aromatic carbocycles. The molecule has 0 amide bonds. The van der Waals surface area contributed by atoms with Gasteiger partial charge in [-0.3, -0.25) is 0 Å². The topological polar surface area (TPSA) is 55.8 Å². The Hall–Kier alpha value is -1.30. The van der Waals surface area contributed by atoms with Crippen LogP contribution in [0.5, 0.6) is 11.5 Å². The van der Waals surface area contributed by atoms with Crippen molar-refractivity contribution in [3.63, 3.8) is 0 Å². The van der Waals surface area contributed by atoms with Crippen LogP contribution < -0.4 is 9.47 Å². The second-order valence-corrected chi connectivity index (χ2v) is 3.38. The third kappa shape index (κ3) is 1.22. The van der Waals surface area contributed by atoms with Gasteiger partial charge in [0.1, 0.15) is 10.0 Å². The first-order chi connectivity index (χ1) is 6.61. The molecule has 1 aliphatic heterocycles. The van der Waals surface area contributed by atoms with Crippen LogP contribution in [0.1, 0.15) is 10.4 Å². The van der Waals surface area contributed by atoms with E-state index in [1.165, 1.54) is 0 Å². The summed E-state index contributed by atoms with van der Waals surface area (Å²) in [6.07, 6.45) is 0. The maximum Gasteiger partial charge on any atom is 0.338 e. The summed E-state index contributed by atoms with van der Waals surface area (Å²) in [6, 6.07) is 1.10. The number of halogens is 2. The number of ether oxygens (including phenoxy) is 2. The van der Waals surface area contributed by atoms with Crippen LogP contribution >= 0.6 is 15.9 Å². The summed E-state index contributed by atoms with van der Waals surface area (Å²) in [7, 11) is 0. The van der Waals surface area contributed by atoms with Crippen LogP contribution in [0.25, 0.3) is 0 Å². The lowest BCUT2D eigenvalue weighted by molar-refractivity contribution is 0.0691. The highest BCUT2D eigenvalue weighted by molar-refractivity contribution is 9.10. The third-order valence-corrected chi connectivity index (χ3v) is 2.48. The Bertz CT molecular complexity index is 418. The minimum absolute atomic E-state index is 0.0232. The normalized spacial score (nSPS) is 13.0. The van der Waals surface area contributed by atoms with Gasteiger partial charge in [-0.2, -0.15) is 0 Å². The molecule has 0 saturated carbocycles. The molecule has 6 heteroatoms. The lowest BCUT2D eigenvalue weighted by atomic mass is 10.2. The van der Waals surface area contributed by atoms with Crippen molar-refractivity contribution in [2.75, 3.05) is 6.79 Å². The van der Waals surface area contributed by atoms with Crippen molar-refractivity contribution in [3.05, 3.63) is 21.9 Å². The van der Waals surface area contributed by atoms with E-state index >= 15 is 0 Å². The zero-order chi connectivity index (χ0) is 10.3. The number of benzene rings is 1. The van der Waals surface area contributed by atoms with Gasteiger partial charge in [-0.25, -0.2) is 9.18 Å². The Balaban J connectivity index is 2.67. The second kappa shape index (κ2) is 3.13. The van der Waals surface area contributed by atoms with Crippen molar-refractivity contribution in [1.29, 1.82) is 0 Å². The summed E-state index contributed by atoms with van der Waals surface area (Å²) in [5.41, 5.74) is -0.443. The molecule has 14 heavy (non-hydrogen) atoms. The van der Waals surface area contributed by atoms with Gasteiger partial charge in [-0.1, -0.05) is 0 Å². The first-order valence-electron chi connectivity index (χ1n) is 3.62. The molecule has 0 aromatic heterocycles. The van der Waals surface area contributed by atoms with Gasteiger partial charge in [-0.15, -0.1) is 0 Å². The second-order valence-electron chi connectivity index (χ2n) is 2.59. The van der Waals surface area contributed by atoms with Crippen LogP contribution in [0.15, 0.2) is 10.5 Å². The van der Waals surface area contributed by atoms with E-state index in [2.05, 4.69) is 15.9 Å². The first kappa shape index (κ1) is 9.26. The monoisotopic (exact) mass is 262 g/mol. The summed E-state index contributed by atoms with van der Waals surface area (Å²) >= 11 is 2.91. The fourth-order valence-electron chi connectivity index (χ4n) is 1.14. The van der Waals surface area contributed by atoms with E-state index in [9.17, 15) is 9.18 Å². The zero-order valence-electron chi connectivity index (χ0n) is 6.71. The molecule has 0 bridgehead atoms. The van der Waals surface area contributed by atoms with Crippen LogP contribution in [0.3, 0.4) is 0 Å². The Labute approximate surface area is 86.4 Å². The number of carbonyl (C=O) groups is 1. The van der Waals surface area contributed by atoms with Gasteiger partial charge in [0.2, 0.25) is 6.79 Å². The fraction of sp³-hybridized carbons (Fsp3) is 0.125. The molecule has 74 valence electrons. The molecule has 0 spiro atoms. The quantitative estimate of drug-likeness (QED) is 0.842. The van der Waals surface area contributed by atoms with Crippen molar-refractivity contribution in [2.45, 2.75) is 0 Å². The first-order valence-corrected chi connectivity index (χ1v) is 4.41. The predicted octanol–water partition coefficient (Wildman–Crippen LogP) is 2.02. The van der Waals surface area contributed by atoms with E-state index in [1.807, 2.05) is 0 Å². The van der Waals surface area contributed by atoms with Gasteiger partial charge >= 0.3 is 5.97 Å². The summed E-state index contributed by atoms with van der Waals surface area (Å²) in [5, 5.41) is 8.66. The summed E-state index contributed by atoms with van der Waals surface area (Å²) < 4.78 is 23.2. The molecule has 0 atom stereocenters. The van der Waals surface area contributed by atoms with Gasteiger partial charge in [0, 0.05) is 6.07 Å².